The van der Waals surface area contributed by atoms with Gasteiger partial charge in [0.2, 0.25) is 0 Å². The minimum Gasteiger partial charge on any atom is -0.424 e. The lowest BCUT2D eigenvalue weighted by atomic mass is 10.1. The molecule has 0 aromatic carbocycles. The van der Waals surface area contributed by atoms with Crippen molar-refractivity contribution in [2.24, 2.45) is 0 Å². The highest BCUT2D eigenvalue weighted by atomic mass is 16.9. The van der Waals surface area contributed by atoms with Crippen LogP contribution in [0.4, 0.5) is 0 Å². The second-order valence-corrected chi connectivity index (χ2v) is 4.25. The molecule has 2 rings (SSSR count). The Hall–Kier alpha value is -1.14. The summed E-state index contributed by atoms with van der Waals surface area (Å²) in [6.45, 7) is 6.16. The van der Waals surface area contributed by atoms with Crippen molar-refractivity contribution in [3.8, 4) is 0 Å². The average molecular weight is 230 g/mol. The van der Waals surface area contributed by atoms with E-state index >= 15 is 0 Å². The van der Waals surface area contributed by atoms with E-state index in [9.17, 15) is 9.59 Å². The number of carbonyl (C=O) groups excluding carboxylic acids is 2. The fourth-order valence-corrected chi connectivity index (χ4v) is 1.77. The molecule has 2 saturated heterocycles. The van der Waals surface area contributed by atoms with Gasteiger partial charge in [-0.15, -0.1) is 0 Å². The summed E-state index contributed by atoms with van der Waals surface area (Å²) in [6, 6.07) is 0. The van der Waals surface area contributed by atoms with Crippen molar-refractivity contribution >= 4 is 11.9 Å². The first kappa shape index (κ1) is 11.3. The van der Waals surface area contributed by atoms with Crippen LogP contribution in [-0.2, 0) is 28.5 Å². The number of rotatable bonds is 1. The molecule has 0 amide bonds. The van der Waals surface area contributed by atoms with Gasteiger partial charge in [0.05, 0.1) is 0 Å². The molecule has 0 radical (unpaired) electrons. The second kappa shape index (κ2) is 3.18. The largest absolute Gasteiger partial charge is 0.424 e. The molecule has 2 fully saturated rings. The third kappa shape index (κ3) is 1.41. The van der Waals surface area contributed by atoms with Gasteiger partial charge in [0.25, 0.3) is 11.6 Å². The van der Waals surface area contributed by atoms with E-state index in [1.54, 1.807) is 13.8 Å². The Labute approximate surface area is 92.8 Å². The first-order valence-corrected chi connectivity index (χ1v) is 5.09. The quantitative estimate of drug-likeness (QED) is 0.605. The summed E-state index contributed by atoms with van der Waals surface area (Å²) in [5.74, 6) is -3.79. The molecule has 16 heavy (non-hydrogen) atoms. The third-order valence-electron chi connectivity index (χ3n) is 2.88. The molecule has 0 saturated carbocycles. The topological polar surface area (TPSA) is 71.1 Å². The van der Waals surface area contributed by atoms with E-state index in [0.29, 0.717) is 0 Å². The van der Waals surface area contributed by atoms with Crippen LogP contribution in [0.25, 0.3) is 0 Å². The number of cyclic esters (lactones) is 2. The summed E-state index contributed by atoms with van der Waals surface area (Å²) in [5.41, 5.74) is 0. The zero-order valence-corrected chi connectivity index (χ0v) is 9.60. The Morgan fingerprint density at radius 1 is 0.875 bits per heavy atom. The van der Waals surface area contributed by atoms with Crippen molar-refractivity contribution < 1.29 is 28.5 Å². The van der Waals surface area contributed by atoms with Gasteiger partial charge in [0.1, 0.15) is 0 Å². The van der Waals surface area contributed by atoms with E-state index in [1.807, 2.05) is 0 Å². The van der Waals surface area contributed by atoms with E-state index in [2.05, 4.69) is 0 Å². The van der Waals surface area contributed by atoms with E-state index in [0.717, 1.165) is 0 Å². The van der Waals surface area contributed by atoms with Crippen molar-refractivity contribution in [2.75, 3.05) is 0 Å². The number of carbonyl (C=O) groups is 2. The van der Waals surface area contributed by atoms with Gasteiger partial charge < -0.3 is 18.9 Å². The van der Waals surface area contributed by atoms with Crippen LogP contribution in [-0.4, -0.2) is 35.7 Å². The van der Waals surface area contributed by atoms with Crippen LogP contribution in [0, 0.1) is 0 Å². The lowest BCUT2D eigenvalue weighted by Crippen LogP contribution is -2.52. The first-order valence-electron chi connectivity index (χ1n) is 5.09. The first-order chi connectivity index (χ1) is 7.27. The maximum Gasteiger partial charge on any atom is 0.337 e. The van der Waals surface area contributed by atoms with Crippen LogP contribution in [0.1, 0.15) is 27.7 Å². The van der Waals surface area contributed by atoms with Crippen LogP contribution in [0.2, 0.25) is 0 Å². The molecule has 2 heterocycles. The van der Waals surface area contributed by atoms with Gasteiger partial charge in [-0.2, -0.15) is 0 Å². The second-order valence-electron chi connectivity index (χ2n) is 4.25. The van der Waals surface area contributed by atoms with Crippen molar-refractivity contribution in [3.05, 3.63) is 0 Å². The van der Waals surface area contributed by atoms with Gasteiger partial charge in [-0.25, -0.2) is 9.59 Å². The number of esters is 2. The Balaban J connectivity index is 2.25. The van der Waals surface area contributed by atoms with Gasteiger partial charge in [0.15, 0.2) is 12.2 Å². The highest BCUT2D eigenvalue weighted by molar-refractivity contribution is 5.78. The molecule has 0 aliphatic carbocycles. The zero-order chi connectivity index (χ0) is 12.1. The molecule has 6 nitrogen and oxygen atoms in total. The van der Waals surface area contributed by atoms with Gasteiger partial charge in [-0.3, -0.25) is 0 Å². The number of ether oxygens (including phenoxy) is 4. The van der Waals surface area contributed by atoms with Crippen molar-refractivity contribution in [2.45, 2.75) is 51.5 Å². The number of hydrogen-bond donors (Lipinski definition) is 0. The molecule has 4 unspecified atom stereocenters. The predicted molar refractivity (Wildman–Crippen MR) is 50.1 cm³/mol. The van der Waals surface area contributed by atoms with Crippen LogP contribution >= 0.6 is 0 Å². The SMILES string of the molecule is CC1OC(C)(C2(C)OC(=O)C(C)O2)OC1=O. The molecule has 0 bridgehead atoms. The maximum atomic E-state index is 11.3. The maximum absolute atomic E-state index is 11.3. The van der Waals surface area contributed by atoms with Gasteiger partial charge >= 0.3 is 11.9 Å². The lowest BCUT2D eigenvalue weighted by molar-refractivity contribution is -0.330. The summed E-state index contributed by atoms with van der Waals surface area (Å²) in [6.07, 6.45) is -1.39. The Bertz CT molecular complexity index is 319. The fraction of sp³-hybridized carbons (Fsp3) is 0.800. The molecular formula is C10H14O6. The Morgan fingerprint density at radius 3 is 1.38 bits per heavy atom. The fourth-order valence-electron chi connectivity index (χ4n) is 1.77. The summed E-state index contributed by atoms with van der Waals surface area (Å²) in [7, 11) is 0. The summed E-state index contributed by atoms with van der Waals surface area (Å²) < 4.78 is 20.9. The summed E-state index contributed by atoms with van der Waals surface area (Å²) >= 11 is 0. The molecule has 2 aliphatic rings. The molecule has 90 valence electrons. The highest BCUT2D eigenvalue weighted by Crippen LogP contribution is 2.41. The van der Waals surface area contributed by atoms with E-state index in [-0.39, 0.29) is 0 Å². The minimum absolute atomic E-state index is 0.497. The molecule has 0 aromatic heterocycles. The van der Waals surface area contributed by atoms with Crippen LogP contribution in [0.5, 0.6) is 0 Å². The van der Waals surface area contributed by atoms with Crippen LogP contribution < -0.4 is 0 Å². The van der Waals surface area contributed by atoms with E-state index in [1.165, 1.54) is 13.8 Å². The van der Waals surface area contributed by atoms with Crippen molar-refractivity contribution in [1.82, 2.24) is 0 Å². The van der Waals surface area contributed by atoms with Crippen molar-refractivity contribution in [3.63, 3.8) is 0 Å². The van der Waals surface area contributed by atoms with Crippen LogP contribution in [0.3, 0.4) is 0 Å². The predicted octanol–water partition coefficient (Wildman–Crippen LogP) is 0.343. The van der Waals surface area contributed by atoms with E-state index < -0.39 is 35.7 Å². The van der Waals surface area contributed by atoms with Crippen molar-refractivity contribution in [1.29, 1.82) is 0 Å². The summed E-state index contributed by atoms with van der Waals surface area (Å²) in [4.78, 5) is 22.6. The zero-order valence-electron chi connectivity index (χ0n) is 9.60. The lowest BCUT2D eigenvalue weighted by Gasteiger charge is -2.35. The van der Waals surface area contributed by atoms with Gasteiger partial charge in [0, 0.05) is 13.8 Å². The smallest absolute Gasteiger partial charge is 0.337 e. The molecule has 6 heteroatoms. The summed E-state index contributed by atoms with van der Waals surface area (Å²) in [5, 5.41) is 0. The Morgan fingerprint density at radius 2 is 1.19 bits per heavy atom. The standard InChI is InChI=1S/C10H14O6/c1-5-7(11)15-9(3,13-5)10(4)14-6(2)8(12)16-10/h5-6H,1-4H3. The highest BCUT2D eigenvalue weighted by Gasteiger charge is 2.63. The number of hydrogen-bond acceptors (Lipinski definition) is 6. The van der Waals surface area contributed by atoms with Gasteiger partial charge in [-0.05, 0) is 13.8 Å². The third-order valence-corrected chi connectivity index (χ3v) is 2.88. The minimum atomic E-state index is -1.40. The molecule has 0 aromatic rings. The average Bonchev–Trinajstić information content (AvgIpc) is 2.55. The molecule has 4 atom stereocenters. The molecular weight excluding hydrogens is 216 g/mol. The monoisotopic (exact) mass is 230 g/mol. The van der Waals surface area contributed by atoms with Gasteiger partial charge in [-0.1, -0.05) is 0 Å². The molecule has 0 N–H and O–H groups in total. The molecule has 0 spiro atoms. The molecule has 2 aliphatic heterocycles. The Kier molecular flexibility index (Phi) is 2.25. The van der Waals surface area contributed by atoms with E-state index in [4.69, 9.17) is 18.9 Å². The normalized spacial score (nSPS) is 48.0. The van der Waals surface area contributed by atoms with Crippen LogP contribution in [0.15, 0.2) is 0 Å².